The lowest BCUT2D eigenvalue weighted by atomic mass is 9.92. The van der Waals surface area contributed by atoms with Gasteiger partial charge in [0, 0.05) is 11.1 Å². The zero-order valence-electron chi connectivity index (χ0n) is 10.7. The molecule has 1 N–H and O–H groups in total. The van der Waals surface area contributed by atoms with Gasteiger partial charge in [-0.2, -0.15) is 0 Å². The normalized spacial score (nSPS) is 13.1. The first-order valence-corrected chi connectivity index (χ1v) is 6.44. The summed E-state index contributed by atoms with van der Waals surface area (Å²) >= 11 is 6.17. The Labute approximate surface area is 104 Å². The van der Waals surface area contributed by atoms with Gasteiger partial charge in [-0.15, -0.1) is 0 Å². The van der Waals surface area contributed by atoms with E-state index in [1.165, 1.54) is 11.1 Å². The molecule has 1 aromatic rings. The molecule has 90 valence electrons. The van der Waals surface area contributed by atoms with Crippen LogP contribution in [-0.2, 0) is 0 Å². The smallest absolute Gasteiger partial charge is 0.0438 e. The van der Waals surface area contributed by atoms with Crippen molar-refractivity contribution in [2.75, 3.05) is 6.54 Å². The van der Waals surface area contributed by atoms with Gasteiger partial charge in [0.2, 0.25) is 0 Å². The topological polar surface area (TPSA) is 12.0 Å². The van der Waals surface area contributed by atoms with Crippen molar-refractivity contribution in [1.29, 1.82) is 0 Å². The fourth-order valence-corrected chi connectivity index (χ4v) is 2.15. The van der Waals surface area contributed by atoms with Gasteiger partial charge < -0.3 is 5.32 Å². The molecule has 16 heavy (non-hydrogen) atoms. The van der Waals surface area contributed by atoms with Crippen LogP contribution in [0.25, 0.3) is 0 Å². The van der Waals surface area contributed by atoms with Crippen LogP contribution >= 0.6 is 11.6 Å². The molecule has 0 aromatic heterocycles. The molecule has 0 heterocycles. The molecule has 0 fully saturated rings. The summed E-state index contributed by atoms with van der Waals surface area (Å²) in [5, 5.41) is 4.46. The van der Waals surface area contributed by atoms with Crippen molar-refractivity contribution in [3.63, 3.8) is 0 Å². The molecule has 1 aromatic carbocycles. The fraction of sp³-hybridized carbons (Fsp3) is 0.571. The van der Waals surface area contributed by atoms with E-state index in [1.54, 1.807) is 0 Å². The van der Waals surface area contributed by atoms with Crippen LogP contribution in [-0.4, -0.2) is 6.54 Å². The highest BCUT2D eigenvalue weighted by molar-refractivity contribution is 6.31. The monoisotopic (exact) mass is 239 g/mol. The molecule has 1 rings (SSSR count). The fourth-order valence-electron chi connectivity index (χ4n) is 1.97. The molecule has 1 nitrogen and oxygen atoms in total. The van der Waals surface area contributed by atoms with Gasteiger partial charge in [-0.1, -0.05) is 44.5 Å². The van der Waals surface area contributed by atoms with Crippen LogP contribution in [0.4, 0.5) is 0 Å². The quantitative estimate of drug-likeness (QED) is 0.806. The second kappa shape index (κ2) is 6.27. The molecule has 0 radical (unpaired) electrons. The highest BCUT2D eigenvalue weighted by Gasteiger charge is 2.17. The van der Waals surface area contributed by atoms with Gasteiger partial charge in [0.1, 0.15) is 0 Å². The second-order valence-corrected chi connectivity index (χ2v) is 5.04. The summed E-state index contributed by atoms with van der Waals surface area (Å²) in [5.41, 5.74) is 2.53. The SMILES string of the molecule is CCCNC(c1cccc(Cl)c1C)C(C)C. The molecule has 0 spiro atoms. The molecule has 1 atom stereocenters. The molecule has 2 heteroatoms. The van der Waals surface area contributed by atoms with E-state index in [4.69, 9.17) is 11.6 Å². The summed E-state index contributed by atoms with van der Waals surface area (Å²) in [4.78, 5) is 0. The Morgan fingerprint density at radius 1 is 1.31 bits per heavy atom. The molecule has 0 bridgehead atoms. The first-order chi connectivity index (χ1) is 7.57. The van der Waals surface area contributed by atoms with Crippen LogP contribution in [0.5, 0.6) is 0 Å². The van der Waals surface area contributed by atoms with E-state index in [9.17, 15) is 0 Å². The first-order valence-electron chi connectivity index (χ1n) is 6.06. The Kier molecular flexibility index (Phi) is 5.30. The standard InChI is InChI=1S/C14H22ClN/c1-5-9-16-14(10(2)3)12-7-6-8-13(15)11(12)4/h6-8,10,14,16H,5,9H2,1-4H3. The average Bonchev–Trinajstić information content (AvgIpc) is 2.24. The summed E-state index contributed by atoms with van der Waals surface area (Å²) < 4.78 is 0. The second-order valence-electron chi connectivity index (χ2n) is 4.63. The number of benzene rings is 1. The van der Waals surface area contributed by atoms with Gasteiger partial charge >= 0.3 is 0 Å². The Hall–Kier alpha value is -0.530. The van der Waals surface area contributed by atoms with Gasteiger partial charge in [0.25, 0.3) is 0 Å². The van der Waals surface area contributed by atoms with Crippen LogP contribution in [0.3, 0.4) is 0 Å². The predicted octanol–water partition coefficient (Wildman–Crippen LogP) is 4.35. The number of nitrogens with one attached hydrogen (secondary N) is 1. The van der Waals surface area contributed by atoms with E-state index >= 15 is 0 Å². The van der Waals surface area contributed by atoms with Crippen LogP contribution in [0, 0.1) is 12.8 Å². The molecule has 0 aliphatic heterocycles. The highest BCUT2D eigenvalue weighted by Crippen LogP contribution is 2.28. The third-order valence-corrected chi connectivity index (χ3v) is 3.34. The Morgan fingerprint density at radius 3 is 2.56 bits per heavy atom. The van der Waals surface area contributed by atoms with Gasteiger partial charge in [-0.05, 0) is 43.0 Å². The number of rotatable bonds is 5. The minimum atomic E-state index is 0.402. The molecular weight excluding hydrogens is 218 g/mol. The maximum Gasteiger partial charge on any atom is 0.0438 e. The summed E-state index contributed by atoms with van der Waals surface area (Å²) in [6, 6.07) is 6.57. The van der Waals surface area contributed by atoms with Crippen LogP contribution in [0.2, 0.25) is 5.02 Å². The number of hydrogen-bond acceptors (Lipinski definition) is 1. The van der Waals surface area contributed by atoms with E-state index < -0.39 is 0 Å². The minimum Gasteiger partial charge on any atom is -0.310 e. The number of halogens is 1. The lowest BCUT2D eigenvalue weighted by Gasteiger charge is -2.25. The number of hydrogen-bond donors (Lipinski definition) is 1. The largest absolute Gasteiger partial charge is 0.310 e. The van der Waals surface area contributed by atoms with Crippen molar-refractivity contribution < 1.29 is 0 Å². The van der Waals surface area contributed by atoms with Crippen LogP contribution < -0.4 is 5.32 Å². The van der Waals surface area contributed by atoms with Gasteiger partial charge in [-0.3, -0.25) is 0 Å². The van der Waals surface area contributed by atoms with E-state index in [0.29, 0.717) is 12.0 Å². The summed E-state index contributed by atoms with van der Waals surface area (Å²) in [7, 11) is 0. The highest BCUT2D eigenvalue weighted by atomic mass is 35.5. The van der Waals surface area contributed by atoms with E-state index in [-0.39, 0.29) is 0 Å². The van der Waals surface area contributed by atoms with Crippen molar-refractivity contribution in [3.8, 4) is 0 Å². The average molecular weight is 240 g/mol. The summed E-state index contributed by atoms with van der Waals surface area (Å²) in [6.45, 7) is 9.83. The van der Waals surface area contributed by atoms with Gasteiger partial charge in [0.05, 0.1) is 0 Å². The zero-order chi connectivity index (χ0) is 12.1. The summed E-state index contributed by atoms with van der Waals surface area (Å²) in [6.07, 6.45) is 1.16. The van der Waals surface area contributed by atoms with Crippen molar-refractivity contribution in [2.24, 2.45) is 5.92 Å². The Bertz CT molecular complexity index is 334. The lowest BCUT2D eigenvalue weighted by molar-refractivity contribution is 0.411. The third kappa shape index (κ3) is 3.23. The van der Waals surface area contributed by atoms with Gasteiger partial charge in [0.15, 0.2) is 0 Å². The van der Waals surface area contributed by atoms with Crippen LogP contribution in [0.15, 0.2) is 18.2 Å². The first kappa shape index (κ1) is 13.5. The van der Waals surface area contributed by atoms with Crippen molar-refractivity contribution in [3.05, 3.63) is 34.3 Å². The Morgan fingerprint density at radius 2 is 2.00 bits per heavy atom. The molecule has 0 saturated carbocycles. The van der Waals surface area contributed by atoms with Crippen molar-refractivity contribution in [1.82, 2.24) is 5.32 Å². The Balaban J connectivity index is 2.96. The zero-order valence-corrected chi connectivity index (χ0v) is 11.4. The third-order valence-electron chi connectivity index (χ3n) is 2.93. The summed E-state index contributed by atoms with van der Waals surface area (Å²) in [5.74, 6) is 0.573. The molecule has 0 aliphatic rings. The molecule has 0 amide bonds. The predicted molar refractivity (Wildman–Crippen MR) is 72.1 cm³/mol. The van der Waals surface area contributed by atoms with Crippen molar-refractivity contribution >= 4 is 11.6 Å². The van der Waals surface area contributed by atoms with E-state index in [1.807, 2.05) is 12.1 Å². The molecule has 0 saturated heterocycles. The maximum atomic E-state index is 6.17. The molecular formula is C14H22ClN. The van der Waals surface area contributed by atoms with Crippen molar-refractivity contribution in [2.45, 2.75) is 40.2 Å². The van der Waals surface area contributed by atoms with E-state index in [2.05, 4.69) is 39.1 Å². The molecule has 1 unspecified atom stereocenters. The van der Waals surface area contributed by atoms with E-state index in [0.717, 1.165) is 18.0 Å². The minimum absolute atomic E-state index is 0.402. The van der Waals surface area contributed by atoms with Gasteiger partial charge in [-0.25, -0.2) is 0 Å². The van der Waals surface area contributed by atoms with Crippen LogP contribution in [0.1, 0.15) is 44.4 Å². The maximum absolute atomic E-state index is 6.17. The lowest BCUT2D eigenvalue weighted by Crippen LogP contribution is -2.27. The molecule has 0 aliphatic carbocycles.